The Morgan fingerprint density at radius 3 is 1.00 bits per heavy atom. The van der Waals surface area contributed by atoms with E-state index < -0.39 is 12.1 Å². The van der Waals surface area contributed by atoms with Gasteiger partial charge in [0, 0.05) is 12.8 Å². The lowest BCUT2D eigenvalue weighted by Crippen LogP contribution is -2.45. The molecule has 0 saturated carbocycles. The monoisotopic (exact) mass is 960 g/mol. The number of ether oxygens (including phenoxy) is 1. The van der Waals surface area contributed by atoms with E-state index in [1.54, 1.807) is 6.08 Å². The number of carbonyl (C=O) groups excluding carboxylic acids is 2. The zero-order chi connectivity index (χ0) is 49.3. The molecule has 0 aromatic heterocycles. The lowest BCUT2D eigenvalue weighted by atomic mass is 10.0. The first kappa shape index (κ1) is 66.6. The first-order valence-corrected chi connectivity index (χ1v) is 31.0. The van der Waals surface area contributed by atoms with Gasteiger partial charge in [-0.3, -0.25) is 9.59 Å². The number of amides is 1. The van der Waals surface area contributed by atoms with Crippen LogP contribution in [0.25, 0.3) is 0 Å². The number of unbranched alkanes of at least 4 members (excludes halogenated alkanes) is 47. The number of allylic oxidation sites excluding steroid dienone is 1. The molecule has 1 amide bonds. The van der Waals surface area contributed by atoms with Gasteiger partial charge in [-0.05, 0) is 32.1 Å². The van der Waals surface area contributed by atoms with Gasteiger partial charge in [0.15, 0.2) is 0 Å². The van der Waals surface area contributed by atoms with Gasteiger partial charge in [0.25, 0.3) is 0 Å². The Morgan fingerprint density at radius 1 is 0.397 bits per heavy atom. The van der Waals surface area contributed by atoms with Crippen molar-refractivity contribution in [2.45, 2.75) is 360 Å². The molecule has 0 heterocycles. The topological polar surface area (TPSA) is 95.9 Å². The van der Waals surface area contributed by atoms with Crippen molar-refractivity contribution in [2.24, 2.45) is 0 Å². The summed E-state index contributed by atoms with van der Waals surface area (Å²) < 4.78 is 5.48. The summed E-state index contributed by atoms with van der Waals surface area (Å²) in [6.07, 6.45) is 69.6. The van der Waals surface area contributed by atoms with E-state index in [0.29, 0.717) is 19.4 Å². The van der Waals surface area contributed by atoms with Crippen LogP contribution in [-0.4, -0.2) is 47.4 Å². The minimum atomic E-state index is -0.848. The number of rotatable bonds is 58. The van der Waals surface area contributed by atoms with Crippen LogP contribution in [0.4, 0.5) is 0 Å². The molecule has 6 heteroatoms. The molecule has 0 spiro atoms. The van der Waals surface area contributed by atoms with E-state index in [1.807, 2.05) is 6.08 Å². The molecule has 0 bridgehead atoms. The van der Waals surface area contributed by atoms with Gasteiger partial charge < -0.3 is 20.3 Å². The predicted molar refractivity (Wildman–Crippen MR) is 297 cm³/mol. The molecular weight excluding hydrogens is 839 g/mol. The highest BCUT2D eigenvalue weighted by atomic mass is 16.5. The van der Waals surface area contributed by atoms with E-state index in [9.17, 15) is 19.8 Å². The van der Waals surface area contributed by atoms with Crippen LogP contribution in [0.3, 0.4) is 0 Å². The Labute approximate surface area is 425 Å². The van der Waals surface area contributed by atoms with Crippen molar-refractivity contribution in [1.29, 1.82) is 0 Å². The summed E-state index contributed by atoms with van der Waals surface area (Å²) in [5.41, 5.74) is 0. The minimum absolute atomic E-state index is 0.00687. The number of nitrogens with one attached hydrogen (secondary N) is 1. The maximum atomic E-state index is 12.5. The minimum Gasteiger partial charge on any atom is -0.466 e. The second kappa shape index (κ2) is 58.2. The molecule has 0 aliphatic heterocycles. The molecule has 0 rings (SSSR count). The Bertz CT molecular complexity index is 1020. The summed E-state index contributed by atoms with van der Waals surface area (Å²) in [5.74, 6) is -0.0625. The average molecular weight is 961 g/mol. The largest absolute Gasteiger partial charge is 0.466 e. The summed E-state index contributed by atoms with van der Waals surface area (Å²) in [7, 11) is 0. The van der Waals surface area contributed by atoms with Gasteiger partial charge in [-0.1, -0.05) is 315 Å². The van der Waals surface area contributed by atoms with Crippen molar-refractivity contribution < 1.29 is 24.5 Å². The zero-order valence-electron chi connectivity index (χ0n) is 46.1. The Kier molecular flexibility index (Phi) is 57.0. The molecule has 2 atom stereocenters. The second-order valence-electron chi connectivity index (χ2n) is 21.4. The van der Waals surface area contributed by atoms with Crippen molar-refractivity contribution in [3.63, 3.8) is 0 Å². The smallest absolute Gasteiger partial charge is 0.305 e. The molecule has 3 N–H and O–H groups in total. The van der Waals surface area contributed by atoms with E-state index in [1.165, 1.54) is 283 Å². The maximum Gasteiger partial charge on any atom is 0.305 e. The van der Waals surface area contributed by atoms with Gasteiger partial charge in [0.05, 0.1) is 25.4 Å². The summed E-state index contributed by atoms with van der Waals surface area (Å²) in [4.78, 5) is 24.5. The first-order chi connectivity index (χ1) is 33.5. The molecule has 2 unspecified atom stereocenters. The average Bonchev–Trinajstić information content (AvgIpc) is 3.34. The SMILES string of the molecule is CCCCCCCCCCCCCCCCCCCCC/C=C/C(O)C(CO)NC(=O)CCCCCCCCCCCCCCCCCCCOC(=O)CCCCCCCCCCCCCCC. The molecular formula is C62H121NO5. The first-order valence-electron chi connectivity index (χ1n) is 31.0. The number of aliphatic hydroxyl groups excluding tert-OH is 2. The lowest BCUT2D eigenvalue weighted by Gasteiger charge is -2.20. The van der Waals surface area contributed by atoms with Gasteiger partial charge >= 0.3 is 5.97 Å². The molecule has 0 fully saturated rings. The van der Waals surface area contributed by atoms with Crippen molar-refractivity contribution in [3.8, 4) is 0 Å². The van der Waals surface area contributed by atoms with Crippen LogP contribution in [0.1, 0.15) is 348 Å². The van der Waals surface area contributed by atoms with Crippen LogP contribution < -0.4 is 5.32 Å². The van der Waals surface area contributed by atoms with Gasteiger partial charge in [-0.25, -0.2) is 0 Å². The predicted octanol–water partition coefficient (Wildman–Crippen LogP) is 19.2. The molecule has 0 saturated heterocycles. The Hall–Kier alpha value is -1.40. The third-order valence-electron chi connectivity index (χ3n) is 14.6. The van der Waals surface area contributed by atoms with Crippen LogP contribution in [0.2, 0.25) is 0 Å². The van der Waals surface area contributed by atoms with Crippen LogP contribution in [-0.2, 0) is 14.3 Å². The zero-order valence-corrected chi connectivity index (χ0v) is 46.1. The Morgan fingerprint density at radius 2 is 0.676 bits per heavy atom. The van der Waals surface area contributed by atoms with Gasteiger partial charge in [0.2, 0.25) is 5.91 Å². The highest BCUT2D eigenvalue weighted by Gasteiger charge is 2.18. The van der Waals surface area contributed by atoms with Gasteiger partial charge in [-0.15, -0.1) is 0 Å². The standard InChI is InChI=1S/C62H121NO5/c1-3-5-7-9-11-13-15-17-18-19-20-21-22-24-27-31-34-38-42-46-50-54-60(65)59(58-64)63-61(66)55-51-47-43-39-35-32-28-25-23-26-29-33-37-41-45-49-53-57-68-62(67)56-52-48-44-40-36-30-16-14-12-10-8-6-4-2/h50,54,59-60,64-65H,3-49,51-53,55-58H2,1-2H3,(H,63,66)/b54-50+. The Balaban J connectivity index is 3.44. The number of hydrogen-bond acceptors (Lipinski definition) is 5. The second-order valence-corrected chi connectivity index (χ2v) is 21.4. The van der Waals surface area contributed by atoms with Gasteiger partial charge in [-0.2, -0.15) is 0 Å². The fourth-order valence-corrected chi connectivity index (χ4v) is 9.81. The number of esters is 1. The number of carbonyl (C=O) groups is 2. The van der Waals surface area contributed by atoms with Crippen molar-refractivity contribution in [2.75, 3.05) is 13.2 Å². The van der Waals surface area contributed by atoms with Crippen LogP contribution in [0, 0.1) is 0 Å². The molecule has 6 nitrogen and oxygen atoms in total. The molecule has 68 heavy (non-hydrogen) atoms. The number of hydrogen-bond donors (Lipinski definition) is 3. The van der Waals surface area contributed by atoms with E-state index in [4.69, 9.17) is 4.74 Å². The molecule has 0 aromatic carbocycles. The quantitative estimate of drug-likeness (QED) is 0.0321. The summed E-state index contributed by atoms with van der Waals surface area (Å²) in [5, 5.41) is 23.2. The normalized spacial score (nSPS) is 12.6. The molecule has 0 aliphatic carbocycles. The maximum absolute atomic E-state index is 12.5. The lowest BCUT2D eigenvalue weighted by molar-refractivity contribution is -0.143. The summed E-state index contributed by atoms with van der Waals surface area (Å²) in [6, 6.07) is -0.632. The van der Waals surface area contributed by atoms with Crippen molar-refractivity contribution >= 4 is 11.9 Å². The molecule has 0 radical (unpaired) electrons. The van der Waals surface area contributed by atoms with E-state index in [2.05, 4.69) is 19.2 Å². The van der Waals surface area contributed by atoms with Crippen molar-refractivity contribution in [1.82, 2.24) is 5.32 Å². The fourth-order valence-electron chi connectivity index (χ4n) is 9.81. The summed E-state index contributed by atoms with van der Waals surface area (Å²) >= 11 is 0. The molecule has 0 aliphatic rings. The van der Waals surface area contributed by atoms with E-state index in [0.717, 1.165) is 38.5 Å². The third-order valence-corrected chi connectivity index (χ3v) is 14.6. The van der Waals surface area contributed by atoms with E-state index in [-0.39, 0.29) is 18.5 Å². The number of aliphatic hydroxyl groups is 2. The molecule has 0 aromatic rings. The third kappa shape index (κ3) is 53.9. The fraction of sp³-hybridized carbons (Fsp3) is 0.935. The highest BCUT2D eigenvalue weighted by Crippen LogP contribution is 2.18. The van der Waals surface area contributed by atoms with Crippen LogP contribution in [0.15, 0.2) is 12.2 Å². The van der Waals surface area contributed by atoms with Crippen LogP contribution >= 0.6 is 0 Å². The molecule has 404 valence electrons. The van der Waals surface area contributed by atoms with Crippen molar-refractivity contribution in [3.05, 3.63) is 12.2 Å². The van der Waals surface area contributed by atoms with E-state index >= 15 is 0 Å². The van der Waals surface area contributed by atoms with Crippen LogP contribution in [0.5, 0.6) is 0 Å². The summed E-state index contributed by atoms with van der Waals surface area (Å²) in [6.45, 7) is 4.92. The van der Waals surface area contributed by atoms with Gasteiger partial charge in [0.1, 0.15) is 0 Å². The highest BCUT2D eigenvalue weighted by molar-refractivity contribution is 5.76.